The van der Waals surface area contributed by atoms with Crippen molar-refractivity contribution < 1.29 is 125 Å². The van der Waals surface area contributed by atoms with Crippen molar-refractivity contribution in [3.8, 4) is 34.5 Å². The molecule has 0 aliphatic rings. The Labute approximate surface area is 535 Å². The SMILES string of the molecule is CCCOc1cc(C(=O)CCCCCC(=O)c2ccc(N=Nc3ccc(C(=O)NCCCNC(=O)c4cc(OCCCS(=O)(=O)O)c(OCCCS(=O)(=O)O)c(OCCCS(=O)(=O)O)c4)cc3)cc2)cc(OCCCS(=O)(=O)O)c1OCCC.O=S(=O)=O.O=S(=O)=O. The molecule has 38 heteroatoms. The van der Waals surface area contributed by atoms with Gasteiger partial charge in [0.05, 0.1) is 74.0 Å². The number of hydrogen-bond donors (Lipinski definition) is 6. The van der Waals surface area contributed by atoms with Gasteiger partial charge >= 0.3 is 21.2 Å². The summed E-state index contributed by atoms with van der Waals surface area (Å²) in [6, 6.07) is 18.5. The molecule has 4 aromatic rings. The Kier molecular flexibility index (Phi) is 36.6. The van der Waals surface area contributed by atoms with Gasteiger partial charge in [0.2, 0.25) is 11.5 Å². The number of carbonyl (C=O) groups excluding carboxylic acids is 4. The highest BCUT2D eigenvalue weighted by molar-refractivity contribution is 7.86. The van der Waals surface area contributed by atoms with Gasteiger partial charge in [0.1, 0.15) is 0 Å². The second-order valence-electron chi connectivity index (χ2n) is 19.2. The average molecular weight is 1420 g/mol. The Balaban J connectivity index is 0.00000339. The fraction of sp³-hybridized carbons (Fsp3) is 0.481. The summed E-state index contributed by atoms with van der Waals surface area (Å²) in [5, 5.41) is 13.9. The lowest BCUT2D eigenvalue weighted by molar-refractivity contribution is 0.0943. The van der Waals surface area contributed by atoms with E-state index in [2.05, 4.69) is 20.9 Å². The number of benzene rings is 4. The normalized spacial score (nSPS) is 11.4. The van der Waals surface area contributed by atoms with E-state index in [9.17, 15) is 52.8 Å². The second kappa shape index (κ2) is 41.8. The lowest BCUT2D eigenvalue weighted by Crippen LogP contribution is -2.30. The minimum Gasteiger partial charge on any atom is -0.490 e. The number of rotatable bonds is 42. The number of hydrogen-bond acceptors (Lipinski definition) is 26. The highest BCUT2D eigenvalue weighted by Gasteiger charge is 2.22. The molecule has 0 unspecified atom stereocenters. The summed E-state index contributed by atoms with van der Waals surface area (Å²) in [5.74, 6) is -3.48. The van der Waals surface area contributed by atoms with Gasteiger partial charge in [-0.25, -0.2) is 0 Å². The van der Waals surface area contributed by atoms with Crippen LogP contribution in [0.2, 0.25) is 0 Å². The Hall–Kier alpha value is -7.56. The molecule has 0 radical (unpaired) electrons. The van der Waals surface area contributed by atoms with E-state index in [4.69, 9.17) is 71.9 Å². The van der Waals surface area contributed by atoms with Gasteiger partial charge < -0.3 is 39.1 Å². The number of ether oxygens (including phenoxy) is 6. The molecule has 2 amide bonds. The minimum absolute atomic E-state index is 0.0144. The van der Waals surface area contributed by atoms with Gasteiger partial charge in [-0.3, -0.25) is 37.4 Å². The Morgan fingerprint density at radius 1 is 0.391 bits per heavy atom. The minimum atomic E-state index is -4.35. The van der Waals surface area contributed by atoms with Crippen molar-refractivity contribution in [1.82, 2.24) is 10.6 Å². The highest BCUT2D eigenvalue weighted by Crippen LogP contribution is 2.41. The molecule has 4 aromatic carbocycles. The first kappa shape index (κ1) is 80.5. The summed E-state index contributed by atoms with van der Waals surface area (Å²) in [6.07, 6.45) is 3.17. The smallest absolute Gasteiger partial charge is 0.425 e. The molecular formula is C54H72N4O28S6. The van der Waals surface area contributed by atoms with Gasteiger partial charge in [-0.2, -0.15) is 43.9 Å². The van der Waals surface area contributed by atoms with Crippen LogP contribution in [0.1, 0.15) is 132 Å². The molecule has 0 atom stereocenters. The zero-order valence-corrected chi connectivity index (χ0v) is 54.7. The standard InChI is InChI=1S/C54H72N4O22S4.2O3S/c1-3-25-75-47-35-41(36-48(51(47)79-26-4-2)76-27-9-31-81(63,64)65)46(60)14-7-5-6-13-45(59)39-15-19-43(20-16-39)57-58-44-21-17-40(18-22-44)53(61)55-23-8-24-56-54(62)42-37-49(77-28-10-32-82(66,67)68)52(80-30-12-34-84(72,73)74)50(38-42)78-29-11-33-83(69,70)71;2*1-4(2)3/h15-22,35-38H,3-14,23-34H2,1-2H3,(H,55,61)(H,56,62)(H,63,64,65)(H,66,67,68)(H,69,70,71)(H,72,73,74);;. The summed E-state index contributed by atoms with van der Waals surface area (Å²) in [4.78, 5) is 52.7. The maximum Gasteiger partial charge on any atom is 0.425 e. The van der Waals surface area contributed by atoms with Crippen LogP contribution in [-0.4, -0.2) is 176 Å². The number of nitrogens with zero attached hydrogens (tertiary/aromatic N) is 2. The predicted molar refractivity (Wildman–Crippen MR) is 328 cm³/mol. The second-order valence-corrected chi connectivity index (χ2v) is 26.3. The number of unbranched alkanes of at least 4 members (excludes halogenated alkanes) is 2. The first-order valence-electron chi connectivity index (χ1n) is 27.9. The maximum absolute atomic E-state index is 13.4. The molecule has 0 spiro atoms. The Morgan fingerprint density at radius 2 is 0.685 bits per heavy atom. The van der Waals surface area contributed by atoms with Crippen LogP contribution >= 0.6 is 0 Å². The predicted octanol–water partition coefficient (Wildman–Crippen LogP) is 5.86. The number of nitrogens with one attached hydrogen (secondary N) is 2. The molecule has 32 nitrogen and oxygen atoms in total. The third kappa shape index (κ3) is 37.1. The van der Waals surface area contributed by atoms with Crippen LogP contribution in [0.3, 0.4) is 0 Å². The lowest BCUT2D eigenvalue weighted by Gasteiger charge is -2.19. The van der Waals surface area contributed by atoms with Crippen LogP contribution in [0.4, 0.5) is 11.4 Å². The van der Waals surface area contributed by atoms with E-state index in [0.717, 1.165) is 0 Å². The van der Waals surface area contributed by atoms with Crippen molar-refractivity contribution in [2.75, 3.05) is 75.7 Å². The van der Waals surface area contributed by atoms with Crippen molar-refractivity contribution in [2.24, 2.45) is 10.2 Å². The zero-order valence-electron chi connectivity index (χ0n) is 49.8. The third-order valence-corrected chi connectivity index (χ3v) is 14.8. The molecule has 0 heterocycles. The van der Waals surface area contributed by atoms with Gasteiger partial charge in [-0.15, -0.1) is 25.3 Å². The third-order valence-electron chi connectivity index (χ3n) is 11.6. The Morgan fingerprint density at radius 3 is 1.04 bits per heavy atom. The summed E-state index contributed by atoms with van der Waals surface area (Å²) in [6.45, 7) is 3.75. The summed E-state index contributed by atoms with van der Waals surface area (Å²) in [5.41, 5.74) is 1.97. The zero-order chi connectivity index (χ0) is 68.9. The van der Waals surface area contributed by atoms with Crippen molar-refractivity contribution >= 4 is 96.4 Å². The van der Waals surface area contributed by atoms with E-state index < -0.39 is 96.5 Å². The summed E-state index contributed by atoms with van der Waals surface area (Å²) in [7, 11) is -23.5. The number of ketones is 2. The largest absolute Gasteiger partial charge is 0.490 e. The number of carbonyl (C=O) groups is 4. The molecular weight excluding hydrogens is 1340 g/mol. The molecule has 0 saturated carbocycles. The number of Topliss-reactive ketones (excluding diaryl/α,β-unsaturated/α-hetero) is 2. The molecule has 0 saturated heterocycles. The van der Waals surface area contributed by atoms with Crippen molar-refractivity contribution in [1.29, 1.82) is 0 Å². The monoisotopic (exact) mass is 1420 g/mol. The van der Waals surface area contributed by atoms with Gasteiger partial charge in [-0.05, 0) is 131 Å². The van der Waals surface area contributed by atoms with Crippen molar-refractivity contribution in [3.05, 3.63) is 95.1 Å². The molecule has 512 valence electrons. The molecule has 0 aliphatic carbocycles. The fourth-order valence-corrected chi connectivity index (χ4v) is 9.43. The molecule has 0 bridgehead atoms. The number of amides is 2. The summed E-state index contributed by atoms with van der Waals surface area (Å²) < 4.78 is 212. The van der Waals surface area contributed by atoms with Crippen LogP contribution in [0, 0.1) is 0 Å². The van der Waals surface area contributed by atoms with Crippen LogP contribution in [0.5, 0.6) is 34.5 Å². The highest BCUT2D eigenvalue weighted by atomic mass is 32.2. The van der Waals surface area contributed by atoms with E-state index in [0.29, 0.717) is 84.9 Å². The molecule has 6 N–H and O–H groups in total. The topological polar surface area (TPSA) is 492 Å². The molecule has 0 fully saturated rings. The lowest BCUT2D eigenvalue weighted by atomic mass is 10.0. The van der Waals surface area contributed by atoms with Crippen LogP contribution < -0.4 is 39.1 Å². The summed E-state index contributed by atoms with van der Waals surface area (Å²) >= 11 is 0. The van der Waals surface area contributed by atoms with Gasteiger partial charge in [-0.1, -0.05) is 20.3 Å². The molecule has 4 rings (SSSR count). The van der Waals surface area contributed by atoms with E-state index in [-0.39, 0.29) is 125 Å². The quantitative estimate of drug-likeness (QED) is 0.0131. The average Bonchev–Trinajstić information content (AvgIpc) is 0.878. The van der Waals surface area contributed by atoms with Crippen molar-refractivity contribution in [3.63, 3.8) is 0 Å². The Bertz CT molecular complexity index is 3700. The van der Waals surface area contributed by atoms with Gasteiger partial charge in [0.15, 0.2) is 34.6 Å². The molecule has 0 aromatic heterocycles. The van der Waals surface area contributed by atoms with Crippen LogP contribution in [0.15, 0.2) is 83.0 Å². The van der Waals surface area contributed by atoms with E-state index >= 15 is 0 Å². The molecule has 92 heavy (non-hydrogen) atoms. The van der Waals surface area contributed by atoms with Crippen LogP contribution in [-0.2, 0) is 61.7 Å². The van der Waals surface area contributed by atoms with Crippen molar-refractivity contribution in [2.45, 2.75) is 90.9 Å². The first-order valence-corrected chi connectivity index (χ1v) is 36.4. The maximum atomic E-state index is 13.4. The van der Waals surface area contributed by atoms with E-state index in [1.165, 1.54) is 12.1 Å². The van der Waals surface area contributed by atoms with Crippen LogP contribution in [0.25, 0.3) is 0 Å². The fourth-order valence-electron chi connectivity index (χ4n) is 7.50. The van der Waals surface area contributed by atoms with E-state index in [1.807, 2.05) is 13.8 Å². The van der Waals surface area contributed by atoms with Gasteiger partial charge in [0.25, 0.3) is 52.3 Å². The van der Waals surface area contributed by atoms with E-state index in [1.54, 1.807) is 60.7 Å². The van der Waals surface area contributed by atoms with Gasteiger partial charge in [0, 0.05) is 48.2 Å². The number of azo groups is 1. The molecule has 0 aliphatic heterocycles. The first-order chi connectivity index (χ1) is 43.2.